The Kier molecular flexibility index (Phi) is 7.25. The van der Waals surface area contributed by atoms with Crippen molar-refractivity contribution in [3.05, 3.63) is 51.7 Å². The SMILES string of the molecule is Cc1cc(C(=O)NC2CCCCC2)ccc1NC(=O)C1CCCN(C(=O)c2cccs2)C1. The normalized spacial score (nSPS) is 19.4. The summed E-state index contributed by atoms with van der Waals surface area (Å²) in [7, 11) is 0. The van der Waals surface area contributed by atoms with Crippen LogP contribution in [0.15, 0.2) is 35.7 Å². The zero-order valence-corrected chi connectivity index (χ0v) is 19.4. The maximum atomic E-state index is 12.9. The van der Waals surface area contributed by atoms with Crippen molar-refractivity contribution in [2.45, 2.75) is 57.9 Å². The van der Waals surface area contributed by atoms with Crippen LogP contribution >= 0.6 is 11.3 Å². The molecule has 7 heteroatoms. The van der Waals surface area contributed by atoms with E-state index in [0.717, 1.165) is 31.2 Å². The Labute approximate surface area is 193 Å². The van der Waals surface area contributed by atoms with Crippen LogP contribution in [0, 0.1) is 12.8 Å². The molecule has 170 valence electrons. The highest BCUT2D eigenvalue weighted by Gasteiger charge is 2.29. The van der Waals surface area contributed by atoms with Gasteiger partial charge in [-0.1, -0.05) is 25.3 Å². The largest absolute Gasteiger partial charge is 0.349 e. The van der Waals surface area contributed by atoms with Gasteiger partial charge >= 0.3 is 0 Å². The molecule has 3 amide bonds. The van der Waals surface area contributed by atoms with Gasteiger partial charge in [-0.25, -0.2) is 0 Å². The number of nitrogens with zero attached hydrogens (tertiary/aromatic N) is 1. The summed E-state index contributed by atoms with van der Waals surface area (Å²) in [5.74, 6) is -0.354. The topological polar surface area (TPSA) is 78.5 Å². The summed E-state index contributed by atoms with van der Waals surface area (Å²) in [5.41, 5.74) is 2.19. The van der Waals surface area contributed by atoms with Crippen LogP contribution in [0.3, 0.4) is 0 Å². The lowest BCUT2D eigenvalue weighted by molar-refractivity contribution is -0.121. The Morgan fingerprint density at radius 1 is 1.03 bits per heavy atom. The average Bonchev–Trinajstić information content (AvgIpc) is 3.35. The third-order valence-corrected chi connectivity index (χ3v) is 7.36. The van der Waals surface area contributed by atoms with Gasteiger partial charge in [0, 0.05) is 30.4 Å². The van der Waals surface area contributed by atoms with Crippen LogP contribution in [0.5, 0.6) is 0 Å². The zero-order chi connectivity index (χ0) is 22.5. The summed E-state index contributed by atoms with van der Waals surface area (Å²) in [6.07, 6.45) is 7.27. The van der Waals surface area contributed by atoms with Crippen molar-refractivity contribution < 1.29 is 14.4 Å². The van der Waals surface area contributed by atoms with Gasteiger partial charge in [0.25, 0.3) is 11.8 Å². The highest BCUT2D eigenvalue weighted by atomic mass is 32.1. The number of piperidine rings is 1. The Balaban J connectivity index is 1.35. The van der Waals surface area contributed by atoms with Crippen LogP contribution in [0.2, 0.25) is 0 Å². The number of carbonyl (C=O) groups excluding carboxylic acids is 3. The van der Waals surface area contributed by atoms with Gasteiger partial charge in [0.15, 0.2) is 0 Å². The van der Waals surface area contributed by atoms with Crippen LogP contribution < -0.4 is 10.6 Å². The van der Waals surface area contributed by atoms with Crippen LogP contribution in [0.1, 0.15) is 70.5 Å². The number of aryl methyl sites for hydroxylation is 1. The zero-order valence-electron chi connectivity index (χ0n) is 18.6. The van der Waals surface area contributed by atoms with Crippen molar-refractivity contribution >= 4 is 34.7 Å². The van der Waals surface area contributed by atoms with Gasteiger partial charge in [0.2, 0.25) is 5.91 Å². The summed E-state index contributed by atoms with van der Waals surface area (Å²) >= 11 is 1.43. The highest BCUT2D eigenvalue weighted by Crippen LogP contribution is 2.24. The maximum Gasteiger partial charge on any atom is 0.263 e. The number of anilines is 1. The van der Waals surface area contributed by atoms with Crippen LogP contribution in [0.25, 0.3) is 0 Å². The number of nitrogens with one attached hydrogen (secondary N) is 2. The van der Waals surface area contributed by atoms with Gasteiger partial charge in [-0.2, -0.15) is 0 Å². The molecule has 2 aromatic rings. The maximum absolute atomic E-state index is 12.9. The number of hydrogen-bond acceptors (Lipinski definition) is 4. The number of rotatable bonds is 5. The summed E-state index contributed by atoms with van der Waals surface area (Å²) < 4.78 is 0. The van der Waals surface area contributed by atoms with E-state index in [1.165, 1.54) is 30.6 Å². The standard InChI is InChI=1S/C25H31N3O3S/c1-17-15-18(23(29)26-20-8-3-2-4-9-20)11-12-21(17)27-24(30)19-7-5-13-28(16-19)25(31)22-10-6-14-32-22/h6,10-12,14-15,19-20H,2-5,7-9,13,16H2,1H3,(H,26,29)(H,27,30). The van der Waals surface area contributed by atoms with Crippen LogP contribution in [0.4, 0.5) is 5.69 Å². The first-order valence-corrected chi connectivity index (χ1v) is 12.4. The van der Waals surface area contributed by atoms with Crippen molar-refractivity contribution in [2.24, 2.45) is 5.92 Å². The number of benzene rings is 1. The number of amides is 3. The molecule has 1 aromatic heterocycles. The van der Waals surface area contributed by atoms with Gasteiger partial charge < -0.3 is 15.5 Å². The lowest BCUT2D eigenvalue weighted by atomic mass is 9.95. The van der Waals surface area contributed by atoms with Gasteiger partial charge in [-0.3, -0.25) is 14.4 Å². The van der Waals surface area contributed by atoms with Crippen LogP contribution in [-0.4, -0.2) is 41.8 Å². The summed E-state index contributed by atoms with van der Waals surface area (Å²) in [6, 6.07) is 9.37. The summed E-state index contributed by atoms with van der Waals surface area (Å²) in [4.78, 5) is 40.7. The summed E-state index contributed by atoms with van der Waals surface area (Å²) in [5, 5.41) is 8.05. The minimum atomic E-state index is -0.235. The van der Waals surface area contributed by atoms with E-state index in [-0.39, 0.29) is 29.7 Å². The smallest absolute Gasteiger partial charge is 0.263 e. The molecule has 1 aliphatic carbocycles. The van der Waals surface area contributed by atoms with E-state index in [1.54, 1.807) is 17.0 Å². The Morgan fingerprint density at radius 2 is 1.84 bits per heavy atom. The second-order valence-electron chi connectivity index (χ2n) is 8.89. The van der Waals surface area contributed by atoms with E-state index in [4.69, 9.17) is 0 Å². The van der Waals surface area contributed by atoms with Crippen molar-refractivity contribution in [3.8, 4) is 0 Å². The molecule has 1 aliphatic heterocycles. The van der Waals surface area contributed by atoms with E-state index in [0.29, 0.717) is 29.2 Å². The van der Waals surface area contributed by atoms with E-state index < -0.39 is 0 Å². The Bertz CT molecular complexity index is 967. The van der Waals surface area contributed by atoms with E-state index in [9.17, 15) is 14.4 Å². The Hall–Kier alpha value is -2.67. The molecule has 0 bridgehead atoms. The predicted molar refractivity (Wildman–Crippen MR) is 127 cm³/mol. The molecular formula is C25H31N3O3S. The van der Waals surface area contributed by atoms with Gasteiger partial charge in [-0.15, -0.1) is 11.3 Å². The minimum absolute atomic E-state index is 0.00186. The molecule has 1 saturated heterocycles. The van der Waals surface area contributed by atoms with E-state index >= 15 is 0 Å². The van der Waals surface area contributed by atoms with Gasteiger partial charge in [0.05, 0.1) is 10.8 Å². The molecule has 1 saturated carbocycles. The molecular weight excluding hydrogens is 422 g/mol. The molecule has 0 radical (unpaired) electrons. The molecule has 1 atom stereocenters. The lowest BCUT2D eigenvalue weighted by Gasteiger charge is -2.32. The van der Waals surface area contributed by atoms with Gasteiger partial charge in [-0.05, 0) is 67.8 Å². The number of likely N-dealkylation sites (tertiary alicyclic amines) is 1. The molecule has 2 N–H and O–H groups in total. The van der Waals surface area contributed by atoms with E-state index in [1.807, 2.05) is 30.5 Å². The molecule has 6 nitrogen and oxygen atoms in total. The number of thiophene rings is 1. The second kappa shape index (κ2) is 10.3. The van der Waals surface area contributed by atoms with Crippen molar-refractivity contribution in [2.75, 3.05) is 18.4 Å². The fourth-order valence-electron chi connectivity index (χ4n) is 4.63. The number of carbonyl (C=O) groups is 3. The molecule has 2 heterocycles. The third-order valence-electron chi connectivity index (χ3n) is 6.50. The molecule has 32 heavy (non-hydrogen) atoms. The quantitative estimate of drug-likeness (QED) is 0.694. The van der Waals surface area contributed by atoms with Gasteiger partial charge in [0.1, 0.15) is 0 Å². The molecule has 4 rings (SSSR count). The second-order valence-corrected chi connectivity index (χ2v) is 9.84. The molecule has 2 aliphatic rings. The monoisotopic (exact) mass is 453 g/mol. The first-order chi connectivity index (χ1) is 15.5. The third kappa shape index (κ3) is 5.38. The number of hydrogen-bond donors (Lipinski definition) is 2. The lowest BCUT2D eigenvalue weighted by Crippen LogP contribution is -2.43. The Morgan fingerprint density at radius 3 is 2.56 bits per heavy atom. The van der Waals surface area contributed by atoms with Crippen LogP contribution in [-0.2, 0) is 4.79 Å². The highest BCUT2D eigenvalue weighted by molar-refractivity contribution is 7.12. The van der Waals surface area contributed by atoms with Crippen molar-refractivity contribution in [1.82, 2.24) is 10.2 Å². The van der Waals surface area contributed by atoms with Crippen molar-refractivity contribution in [1.29, 1.82) is 0 Å². The first kappa shape index (κ1) is 22.5. The predicted octanol–water partition coefficient (Wildman–Crippen LogP) is 4.61. The first-order valence-electron chi connectivity index (χ1n) is 11.6. The van der Waals surface area contributed by atoms with Crippen molar-refractivity contribution in [3.63, 3.8) is 0 Å². The fraction of sp³-hybridized carbons (Fsp3) is 0.480. The molecule has 0 spiro atoms. The fourth-order valence-corrected chi connectivity index (χ4v) is 5.32. The molecule has 1 unspecified atom stereocenters. The molecule has 1 aromatic carbocycles. The van der Waals surface area contributed by atoms with E-state index in [2.05, 4.69) is 10.6 Å². The average molecular weight is 454 g/mol. The molecule has 2 fully saturated rings. The summed E-state index contributed by atoms with van der Waals surface area (Å²) in [6.45, 7) is 3.02. The minimum Gasteiger partial charge on any atom is -0.349 e.